The number of rotatable bonds is 4. The fraction of sp³-hybridized carbons (Fsp3) is 0.600. The molecule has 0 bridgehead atoms. The predicted molar refractivity (Wildman–Crippen MR) is 73.5 cm³/mol. The van der Waals surface area contributed by atoms with E-state index >= 15 is 0 Å². The zero-order valence-electron chi connectivity index (χ0n) is 11.4. The van der Waals surface area contributed by atoms with E-state index in [1.807, 2.05) is 12.1 Å². The first kappa shape index (κ1) is 13.5. The molecule has 0 saturated carbocycles. The van der Waals surface area contributed by atoms with Crippen LogP contribution in [0.1, 0.15) is 30.9 Å². The molecule has 0 radical (unpaired) electrons. The summed E-state index contributed by atoms with van der Waals surface area (Å²) < 4.78 is 13.8. The molecule has 1 aliphatic heterocycles. The summed E-state index contributed by atoms with van der Waals surface area (Å²) in [6.45, 7) is 9.50. The Morgan fingerprint density at radius 1 is 1.28 bits per heavy atom. The van der Waals surface area contributed by atoms with Crippen molar-refractivity contribution >= 4 is 0 Å². The molecule has 1 N–H and O–H groups in total. The molecular weight excluding hydrogens is 227 g/mol. The van der Waals surface area contributed by atoms with Gasteiger partial charge in [-0.3, -0.25) is 0 Å². The van der Waals surface area contributed by atoms with Crippen LogP contribution in [0.25, 0.3) is 0 Å². The van der Waals surface area contributed by atoms with Crippen molar-refractivity contribution in [2.45, 2.75) is 26.2 Å². The van der Waals surface area contributed by atoms with E-state index in [4.69, 9.17) is 0 Å². The summed E-state index contributed by atoms with van der Waals surface area (Å²) in [5.41, 5.74) is 2.09. The van der Waals surface area contributed by atoms with Crippen molar-refractivity contribution in [2.75, 3.05) is 32.7 Å². The monoisotopic (exact) mass is 250 g/mol. The molecule has 3 heteroatoms. The Labute approximate surface area is 109 Å². The first-order valence-electron chi connectivity index (χ1n) is 6.88. The maximum absolute atomic E-state index is 13.8. The van der Waals surface area contributed by atoms with Crippen molar-refractivity contribution in [1.29, 1.82) is 0 Å². The minimum atomic E-state index is -0.0606. The standard InChI is InChI=1S/C15H23FN2/c1-12(2)13-3-4-15(16)14(11-13)5-8-18-9-6-17-7-10-18/h3-4,11-12,17H,5-10H2,1-2H3. The highest BCUT2D eigenvalue weighted by molar-refractivity contribution is 5.27. The minimum absolute atomic E-state index is 0.0606. The molecule has 2 nitrogen and oxygen atoms in total. The zero-order chi connectivity index (χ0) is 13.0. The number of nitrogens with zero attached hydrogens (tertiary/aromatic N) is 1. The molecule has 0 aromatic heterocycles. The normalized spacial score (nSPS) is 17.3. The van der Waals surface area contributed by atoms with E-state index in [1.54, 1.807) is 6.07 Å². The molecule has 1 aromatic rings. The third-order valence-corrected chi connectivity index (χ3v) is 3.64. The molecule has 1 fully saturated rings. The molecule has 0 atom stereocenters. The van der Waals surface area contributed by atoms with Gasteiger partial charge < -0.3 is 10.2 Å². The maximum Gasteiger partial charge on any atom is 0.126 e. The topological polar surface area (TPSA) is 15.3 Å². The second kappa shape index (κ2) is 6.30. The van der Waals surface area contributed by atoms with Crippen LogP contribution in [0.15, 0.2) is 18.2 Å². The predicted octanol–water partition coefficient (Wildman–Crippen LogP) is 2.40. The molecule has 1 heterocycles. The molecule has 0 aliphatic carbocycles. The number of piperazine rings is 1. The summed E-state index contributed by atoms with van der Waals surface area (Å²) in [5.74, 6) is 0.401. The van der Waals surface area contributed by atoms with Gasteiger partial charge in [0.05, 0.1) is 0 Å². The molecule has 18 heavy (non-hydrogen) atoms. The van der Waals surface area contributed by atoms with Crippen molar-refractivity contribution in [2.24, 2.45) is 0 Å². The summed E-state index contributed by atoms with van der Waals surface area (Å²) in [4.78, 5) is 2.40. The number of hydrogen-bond acceptors (Lipinski definition) is 2. The van der Waals surface area contributed by atoms with Crippen molar-refractivity contribution in [3.8, 4) is 0 Å². The fourth-order valence-corrected chi connectivity index (χ4v) is 2.36. The van der Waals surface area contributed by atoms with E-state index in [-0.39, 0.29) is 5.82 Å². The Balaban J connectivity index is 1.97. The first-order chi connectivity index (χ1) is 8.66. The Kier molecular flexibility index (Phi) is 4.72. The van der Waals surface area contributed by atoms with Crippen LogP contribution in [0.3, 0.4) is 0 Å². The smallest absolute Gasteiger partial charge is 0.126 e. The Hall–Kier alpha value is -0.930. The molecule has 0 spiro atoms. The van der Waals surface area contributed by atoms with Crippen molar-refractivity contribution in [3.05, 3.63) is 35.1 Å². The number of benzene rings is 1. The third kappa shape index (κ3) is 3.53. The molecule has 1 aliphatic rings. The average molecular weight is 250 g/mol. The summed E-state index contributed by atoms with van der Waals surface area (Å²) in [5, 5.41) is 3.33. The number of halogens is 1. The first-order valence-corrected chi connectivity index (χ1v) is 6.88. The summed E-state index contributed by atoms with van der Waals surface area (Å²) in [6.07, 6.45) is 0.812. The van der Waals surface area contributed by atoms with Gasteiger partial charge in [-0.1, -0.05) is 26.0 Å². The van der Waals surface area contributed by atoms with Crippen molar-refractivity contribution in [3.63, 3.8) is 0 Å². The van der Waals surface area contributed by atoms with E-state index in [0.29, 0.717) is 5.92 Å². The number of nitrogens with one attached hydrogen (secondary N) is 1. The van der Waals surface area contributed by atoms with Crippen LogP contribution in [0.4, 0.5) is 4.39 Å². The van der Waals surface area contributed by atoms with Gasteiger partial charge in [0, 0.05) is 32.7 Å². The quantitative estimate of drug-likeness (QED) is 0.882. The van der Waals surface area contributed by atoms with E-state index in [1.165, 1.54) is 5.56 Å². The van der Waals surface area contributed by atoms with Crippen LogP contribution in [-0.4, -0.2) is 37.6 Å². The highest BCUT2D eigenvalue weighted by atomic mass is 19.1. The van der Waals surface area contributed by atoms with E-state index < -0.39 is 0 Å². The minimum Gasteiger partial charge on any atom is -0.314 e. The van der Waals surface area contributed by atoms with Gasteiger partial charge in [-0.05, 0) is 29.5 Å². The van der Waals surface area contributed by atoms with Gasteiger partial charge in [0.1, 0.15) is 5.82 Å². The molecule has 100 valence electrons. The van der Waals surface area contributed by atoms with Crippen LogP contribution in [0.5, 0.6) is 0 Å². The molecule has 2 rings (SSSR count). The van der Waals surface area contributed by atoms with Gasteiger partial charge in [0.2, 0.25) is 0 Å². The van der Waals surface area contributed by atoms with E-state index in [9.17, 15) is 4.39 Å². The Bertz CT molecular complexity index is 384. The van der Waals surface area contributed by atoms with Gasteiger partial charge in [0.25, 0.3) is 0 Å². The number of hydrogen-bond donors (Lipinski definition) is 1. The zero-order valence-corrected chi connectivity index (χ0v) is 11.4. The lowest BCUT2D eigenvalue weighted by atomic mass is 9.99. The van der Waals surface area contributed by atoms with Gasteiger partial charge in [-0.25, -0.2) is 4.39 Å². The highest BCUT2D eigenvalue weighted by Gasteiger charge is 2.11. The van der Waals surface area contributed by atoms with E-state index in [2.05, 4.69) is 24.1 Å². The fourth-order valence-electron chi connectivity index (χ4n) is 2.36. The van der Waals surface area contributed by atoms with Crippen LogP contribution in [0.2, 0.25) is 0 Å². The van der Waals surface area contributed by atoms with Gasteiger partial charge in [-0.15, -0.1) is 0 Å². The summed E-state index contributed by atoms with van der Waals surface area (Å²) >= 11 is 0. The highest BCUT2D eigenvalue weighted by Crippen LogP contribution is 2.18. The SMILES string of the molecule is CC(C)c1ccc(F)c(CCN2CCNCC2)c1. The average Bonchev–Trinajstić information content (AvgIpc) is 2.38. The van der Waals surface area contributed by atoms with Crippen LogP contribution in [0, 0.1) is 5.82 Å². The molecular formula is C15H23FN2. The summed E-state index contributed by atoms with van der Waals surface area (Å²) in [6, 6.07) is 5.54. The largest absolute Gasteiger partial charge is 0.314 e. The lowest BCUT2D eigenvalue weighted by Gasteiger charge is -2.27. The van der Waals surface area contributed by atoms with Gasteiger partial charge in [0.15, 0.2) is 0 Å². The lowest BCUT2D eigenvalue weighted by Crippen LogP contribution is -2.44. The molecule has 0 amide bonds. The van der Waals surface area contributed by atoms with Gasteiger partial charge in [-0.2, -0.15) is 0 Å². The molecule has 1 aromatic carbocycles. The molecule has 0 unspecified atom stereocenters. The molecule has 1 saturated heterocycles. The van der Waals surface area contributed by atoms with Crippen LogP contribution in [-0.2, 0) is 6.42 Å². The third-order valence-electron chi connectivity index (χ3n) is 3.64. The second-order valence-electron chi connectivity index (χ2n) is 5.35. The second-order valence-corrected chi connectivity index (χ2v) is 5.35. The van der Waals surface area contributed by atoms with Crippen molar-refractivity contribution < 1.29 is 4.39 Å². The maximum atomic E-state index is 13.8. The van der Waals surface area contributed by atoms with E-state index in [0.717, 1.165) is 44.7 Å². The Morgan fingerprint density at radius 2 is 2.00 bits per heavy atom. The van der Waals surface area contributed by atoms with Gasteiger partial charge >= 0.3 is 0 Å². The summed E-state index contributed by atoms with van der Waals surface area (Å²) in [7, 11) is 0. The van der Waals surface area contributed by atoms with Crippen LogP contribution >= 0.6 is 0 Å². The Morgan fingerprint density at radius 3 is 2.67 bits per heavy atom. The van der Waals surface area contributed by atoms with Crippen LogP contribution < -0.4 is 5.32 Å². The lowest BCUT2D eigenvalue weighted by molar-refractivity contribution is 0.243. The van der Waals surface area contributed by atoms with Crippen molar-refractivity contribution in [1.82, 2.24) is 10.2 Å².